The molecule has 0 aliphatic carbocycles. The topological polar surface area (TPSA) is 75.0 Å². The van der Waals surface area contributed by atoms with E-state index < -0.39 is 0 Å². The monoisotopic (exact) mass is 290 g/mol. The highest BCUT2D eigenvalue weighted by molar-refractivity contribution is 6.32. The number of nitrogens with two attached hydrogens (primary N) is 1. The number of anilines is 1. The van der Waals surface area contributed by atoms with Gasteiger partial charge >= 0.3 is 0 Å². The molecule has 2 aromatic rings. The molecule has 0 saturated heterocycles. The second-order valence-electron chi connectivity index (χ2n) is 4.86. The molecule has 0 amide bonds. The third kappa shape index (κ3) is 2.19. The first kappa shape index (κ1) is 13.1. The van der Waals surface area contributed by atoms with Gasteiger partial charge in [0.25, 0.3) is 5.56 Å². The number of hydrogen-bond acceptors (Lipinski definition) is 4. The normalized spacial score (nSPS) is 17.9. The molecule has 1 unspecified atom stereocenters. The molecule has 20 heavy (non-hydrogen) atoms. The van der Waals surface area contributed by atoms with Crippen molar-refractivity contribution in [3.05, 3.63) is 57.1 Å². The molecule has 1 aliphatic heterocycles. The Morgan fingerprint density at radius 3 is 2.90 bits per heavy atom. The van der Waals surface area contributed by atoms with Gasteiger partial charge in [-0.2, -0.15) is 0 Å². The van der Waals surface area contributed by atoms with Crippen LogP contribution in [-0.4, -0.2) is 22.6 Å². The van der Waals surface area contributed by atoms with Crippen LogP contribution in [0.5, 0.6) is 0 Å². The molecule has 0 fully saturated rings. The van der Waals surface area contributed by atoms with E-state index in [4.69, 9.17) is 17.3 Å². The molecule has 5 nitrogen and oxygen atoms in total. The van der Waals surface area contributed by atoms with Crippen LogP contribution in [0.3, 0.4) is 0 Å². The fourth-order valence-electron chi connectivity index (χ4n) is 2.62. The minimum atomic E-state index is -0.328. The molecule has 6 heteroatoms. The summed E-state index contributed by atoms with van der Waals surface area (Å²) in [4.78, 5) is 20.3. The highest BCUT2D eigenvalue weighted by atomic mass is 35.5. The summed E-state index contributed by atoms with van der Waals surface area (Å²) in [5, 5.41) is 0.116. The molecule has 0 bridgehead atoms. The average molecular weight is 291 g/mol. The van der Waals surface area contributed by atoms with Gasteiger partial charge in [0.2, 0.25) is 0 Å². The van der Waals surface area contributed by atoms with Gasteiger partial charge in [-0.3, -0.25) is 4.79 Å². The summed E-state index contributed by atoms with van der Waals surface area (Å²) in [5.74, 6) is 0.500. The van der Waals surface area contributed by atoms with Crippen molar-refractivity contribution in [2.45, 2.75) is 19.0 Å². The van der Waals surface area contributed by atoms with Crippen LogP contribution in [0.25, 0.3) is 0 Å². The fraction of sp³-hybridized carbons (Fsp3) is 0.286. The minimum absolute atomic E-state index is 0.0942. The lowest BCUT2D eigenvalue weighted by molar-refractivity contribution is 0.555. The molecular weight excluding hydrogens is 276 g/mol. The Bertz CT molecular complexity index is 685. The Balaban J connectivity index is 2.05. The number of benzene rings is 1. The predicted octanol–water partition coefficient (Wildman–Crippen LogP) is 1.31. The molecule has 1 aromatic carbocycles. The summed E-state index contributed by atoms with van der Waals surface area (Å²) >= 11 is 6.09. The van der Waals surface area contributed by atoms with E-state index in [1.54, 1.807) is 0 Å². The van der Waals surface area contributed by atoms with E-state index in [1.165, 1.54) is 17.5 Å². The largest absolute Gasteiger partial charge is 0.346 e. The average Bonchev–Trinajstić information content (AvgIpc) is 2.48. The zero-order valence-corrected chi connectivity index (χ0v) is 11.6. The Hall–Kier alpha value is -1.85. The Kier molecular flexibility index (Phi) is 3.46. The fourth-order valence-corrected chi connectivity index (χ4v) is 2.83. The van der Waals surface area contributed by atoms with Crippen LogP contribution >= 0.6 is 11.6 Å². The van der Waals surface area contributed by atoms with Crippen LogP contribution in [0.15, 0.2) is 35.4 Å². The number of fused-ring (bicyclic) bond motifs is 1. The number of H-pyrrole nitrogens is 1. The SMILES string of the molecule is NCC1Cc2ccccc2CN1c1nc[nH]c(=O)c1Cl. The van der Waals surface area contributed by atoms with Gasteiger partial charge in [0.05, 0.1) is 6.33 Å². The first-order chi connectivity index (χ1) is 9.70. The third-order valence-corrected chi connectivity index (χ3v) is 4.02. The van der Waals surface area contributed by atoms with Crippen LogP contribution in [0.2, 0.25) is 5.02 Å². The van der Waals surface area contributed by atoms with Crippen molar-refractivity contribution in [1.82, 2.24) is 9.97 Å². The third-order valence-electron chi connectivity index (χ3n) is 3.68. The molecule has 3 N–H and O–H groups in total. The van der Waals surface area contributed by atoms with Crippen molar-refractivity contribution >= 4 is 17.4 Å². The van der Waals surface area contributed by atoms with Gasteiger partial charge in [0.1, 0.15) is 5.02 Å². The van der Waals surface area contributed by atoms with Crippen LogP contribution in [0.1, 0.15) is 11.1 Å². The molecule has 0 radical (unpaired) electrons. The molecular formula is C14H15ClN4O. The van der Waals surface area contributed by atoms with Crippen molar-refractivity contribution in [2.75, 3.05) is 11.4 Å². The van der Waals surface area contributed by atoms with Gasteiger partial charge in [0.15, 0.2) is 5.82 Å². The van der Waals surface area contributed by atoms with Gasteiger partial charge in [-0.15, -0.1) is 0 Å². The number of hydrogen-bond donors (Lipinski definition) is 2. The summed E-state index contributed by atoms with van der Waals surface area (Å²) in [6.07, 6.45) is 2.20. The molecule has 2 heterocycles. The maximum Gasteiger partial charge on any atom is 0.271 e. The van der Waals surface area contributed by atoms with Crippen LogP contribution in [0.4, 0.5) is 5.82 Å². The van der Waals surface area contributed by atoms with E-state index in [0.717, 1.165) is 6.42 Å². The predicted molar refractivity (Wildman–Crippen MR) is 79.0 cm³/mol. The standard InChI is InChI=1S/C14H15ClN4O/c15-12-13(17-8-18-14(12)20)19-7-10-4-2-1-3-9(10)5-11(19)6-16/h1-4,8,11H,5-7,16H2,(H,17,18,20). The highest BCUT2D eigenvalue weighted by Crippen LogP contribution is 2.29. The van der Waals surface area contributed by atoms with Gasteiger partial charge in [0, 0.05) is 19.1 Å². The van der Waals surface area contributed by atoms with E-state index in [0.29, 0.717) is 18.9 Å². The molecule has 104 valence electrons. The van der Waals surface area contributed by atoms with Crippen molar-refractivity contribution in [1.29, 1.82) is 0 Å². The van der Waals surface area contributed by atoms with E-state index in [-0.39, 0.29) is 16.6 Å². The van der Waals surface area contributed by atoms with Gasteiger partial charge in [-0.1, -0.05) is 35.9 Å². The van der Waals surface area contributed by atoms with Crippen molar-refractivity contribution < 1.29 is 0 Å². The Morgan fingerprint density at radius 2 is 2.15 bits per heavy atom. The van der Waals surface area contributed by atoms with Gasteiger partial charge < -0.3 is 15.6 Å². The van der Waals surface area contributed by atoms with Crippen molar-refractivity contribution in [2.24, 2.45) is 5.73 Å². The summed E-state index contributed by atoms with van der Waals surface area (Å²) in [5.41, 5.74) is 8.06. The van der Waals surface area contributed by atoms with Gasteiger partial charge in [-0.05, 0) is 17.5 Å². The zero-order valence-electron chi connectivity index (χ0n) is 10.8. The number of nitrogens with zero attached hydrogens (tertiary/aromatic N) is 2. The number of aromatic amines is 1. The Labute approximate surface area is 121 Å². The molecule has 0 saturated carbocycles. The number of halogens is 1. The van der Waals surface area contributed by atoms with Crippen LogP contribution in [-0.2, 0) is 13.0 Å². The summed E-state index contributed by atoms with van der Waals surface area (Å²) < 4.78 is 0. The second-order valence-corrected chi connectivity index (χ2v) is 5.24. The van der Waals surface area contributed by atoms with E-state index in [2.05, 4.69) is 22.1 Å². The lowest BCUT2D eigenvalue weighted by atomic mass is 9.94. The zero-order chi connectivity index (χ0) is 14.1. The lowest BCUT2D eigenvalue weighted by Crippen LogP contribution is -2.46. The van der Waals surface area contributed by atoms with E-state index in [9.17, 15) is 4.79 Å². The summed E-state index contributed by atoms with van der Waals surface area (Å²) in [6.45, 7) is 1.15. The summed E-state index contributed by atoms with van der Waals surface area (Å²) in [6, 6.07) is 8.32. The molecule has 3 rings (SSSR count). The lowest BCUT2D eigenvalue weighted by Gasteiger charge is -2.37. The van der Waals surface area contributed by atoms with E-state index >= 15 is 0 Å². The van der Waals surface area contributed by atoms with Crippen molar-refractivity contribution in [3.8, 4) is 0 Å². The number of aromatic nitrogens is 2. The molecule has 1 atom stereocenters. The molecule has 0 spiro atoms. The number of nitrogens with one attached hydrogen (secondary N) is 1. The first-order valence-electron chi connectivity index (χ1n) is 6.47. The summed E-state index contributed by atoms with van der Waals surface area (Å²) in [7, 11) is 0. The maximum absolute atomic E-state index is 11.6. The highest BCUT2D eigenvalue weighted by Gasteiger charge is 2.27. The smallest absolute Gasteiger partial charge is 0.271 e. The second kappa shape index (κ2) is 5.26. The maximum atomic E-state index is 11.6. The van der Waals surface area contributed by atoms with Crippen LogP contribution in [0, 0.1) is 0 Å². The van der Waals surface area contributed by atoms with Crippen molar-refractivity contribution in [3.63, 3.8) is 0 Å². The molecule has 1 aliphatic rings. The Morgan fingerprint density at radius 1 is 1.40 bits per heavy atom. The first-order valence-corrected chi connectivity index (χ1v) is 6.85. The quantitative estimate of drug-likeness (QED) is 0.874. The van der Waals surface area contributed by atoms with Crippen LogP contribution < -0.4 is 16.2 Å². The number of rotatable bonds is 2. The van der Waals surface area contributed by atoms with E-state index in [1.807, 2.05) is 17.0 Å². The molecule has 1 aromatic heterocycles. The minimum Gasteiger partial charge on any atom is -0.346 e. The van der Waals surface area contributed by atoms with Gasteiger partial charge in [-0.25, -0.2) is 4.98 Å².